The number of thiazole rings is 1. The zero-order chi connectivity index (χ0) is 17.0. The lowest BCUT2D eigenvalue weighted by Crippen LogP contribution is -2.17. The van der Waals surface area contributed by atoms with E-state index in [4.69, 9.17) is 11.6 Å². The van der Waals surface area contributed by atoms with Crippen LogP contribution in [-0.4, -0.2) is 11.0 Å². The predicted octanol–water partition coefficient (Wildman–Crippen LogP) is 4.25. The Hall–Kier alpha value is -1.53. The maximum absolute atomic E-state index is 12.1. The maximum atomic E-state index is 12.1. The van der Waals surface area contributed by atoms with Crippen molar-refractivity contribution in [1.29, 1.82) is 0 Å². The Morgan fingerprint density at radius 2 is 2.04 bits per heavy atom. The lowest BCUT2D eigenvalue weighted by Gasteiger charge is -2.03. The molecule has 23 heavy (non-hydrogen) atoms. The molecule has 1 aliphatic rings. The third-order valence-corrected chi connectivity index (χ3v) is 4.92. The average Bonchev–Trinajstić information content (AvgIpc) is 3.28. The largest absolute Gasteiger partial charge is 0.320 e. The number of hydrogen-bond acceptors (Lipinski definition) is 2. The van der Waals surface area contributed by atoms with E-state index in [1.54, 1.807) is 11.3 Å². The Morgan fingerprint density at radius 1 is 1.35 bits per heavy atom. The Kier molecular flexibility index (Phi) is 6.07. The molecule has 0 N–H and O–H groups in total. The van der Waals surface area contributed by atoms with Crippen molar-refractivity contribution >= 4 is 29.3 Å². The van der Waals surface area contributed by atoms with Gasteiger partial charge in [-0.2, -0.15) is 4.99 Å². The van der Waals surface area contributed by atoms with Crippen molar-refractivity contribution in [2.75, 3.05) is 0 Å². The number of amides is 1. The molecule has 0 saturated heterocycles. The maximum Gasteiger partial charge on any atom is 0.235 e. The van der Waals surface area contributed by atoms with Gasteiger partial charge in [-0.1, -0.05) is 11.6 Å². The fourth-order valence-corrected chi connectivity index (χ4v) is 3.09. The van der Waals surface area contributed by atoms with Gasteiger partial charge in [-0.25, -0.2) is 8.78 Å². The summed E-state index contributed by atoms with van der Waals surface area (Å²) in [5.74, 6) is -0.977. The second-order valence-electron chi connectivity index (χ2n) is 5.37. The van der Waals surface area contributed by atoms with E-state index < -0.39 is 11.6 Å². The highest BCUT2D eigenvalue weighted by atomic mass is 35.5. The molecule has 1 amide bonds. The fourth-order valence-electron chi connectivity index (χ4n) is 1.98. The van der Waals surface area contributed by atoms with E-state index in [1.165, 1.54) is 29.5 Å². The number of carbonyl (C=O) groups excluding carboxylic acids is 1. The topological polar surface area (TPSA) is 34.4 Å². The van der Waals surface area contributed by atoms with Crippen LogP contribution in [0.5, 0.6) is 0 Å². The van der Waals surface area contributed by atoms with Crippen LogP contribution in [0.1, 0.15) is 23.4 Å². The Morgan fingerprint density at radius 3 is 2.57 bits per heavy atom. The summed E-state index contributed by atoms with van der Waals surface area (Å²) in [4.78, 5) is 16.3. The van der Waals surface area contributed by atoms with Crippen LogP contribution in [0, 0.1) is 31.4 Å². The van der Waals surface area contributed by atoms with Gasteiger partial charge in [-0.05, 0) is 50.8 Å². The first-order valence-corrected chi connectivity index (χ1v) is 8.36. The minimum absolute atomic E-state index is 0.203. The Balaban J connectivity index is 0.000000185. The molecule has 1 fully saturated rings. The number of benzene rings is 1. The van der Waals surface area contributed by atoms with Crippen molar-refractivity contribution in [2.45, 2.75) is 33.2 Å². The molecule has 1 aromatic carbocycles. The highest BCUT2D eigenvalue weighted by molar-refractivity contribution is 7.09. The van der Waals surface area contributed by atoms with Crippen molar-refractivity contribution in [3.05, 3.63) is 50.2 Å². The normalized spacial score (nSPS) is 14.4. The first-order valence-electron chi connectivity index (χ1n) is 7.17. The van der Waals surface area contributed by atoms with Gasteiger partial charge < -0.3 is 4.57 Å². The molecule has 3 rings (SSSR count). The molecule has 124 valence electrons. The van der Waals surface area contributed by atoms with Crippen molar-refractivity contribution in [2.24, 2.45) is 10.9 Å². The summed E-state index contributed by atoms with van der Waals surface area (Å²) in [6, 6.07) is 3.20. The zero-order valence-corrected chi connectivity index (χ0v) is 14.4. The average molecular weight is 359 g/mol. The highest BCUT2D eigenvalue weighted by Crippen LogP contribution is 2.31. The lowest BCUT2D eigenvalue weighted by atomic mass is 10.3. The van der Waals surface area contributed by atoms with Gasteiger partial charge in [0.05, 0.1) is 0 Å². The van der Waals surface area contributed by atoms with Crippen LogP contribution in [-0.2, 0) is 11.3 Å². The van der Waals surface area contributed by atoms with Crippen LogP contribution in [0.4, 0.5) is 8.78 Å². The van der Waals surface area contributed by atoms with E-state index in [1.807, 2.05) is 0 Å². The second-order valence-corrected chi connectivity index (χ2v) is 6.99. The van der Waals surface area contributed by atoms with Crippen LogP contribution < -0.4 is 4.80 Å². The van der Waals surface area contributed by atoms with Crippen molar-refractivity contribution in [3.63, 3.8) is 0 Å². The second kappa shape index (κ2) is 7.84. The van der Waals surface area contributed by atoms with Crippen LogP contribution in [0.3, 0.4) is 0 Å². The van der Waals surface area contributed by atoms with E-state index in [0.29, 0.717) is 6.41 Å². The molecule has 1 aliphatic carbocycles. The molecule has 0 atom stereocenters. The Labute approximate surface area is 142 Å². The molecule has 1 saturated carbocycles. The van der Waals surface area contributed by atoms with Crippen LogP contribution in [0.25, 0.3) is 0 Å². The molecular weight excluding hydrogens is 342 g/mol. The molecule has 0 spiro atoms. The first-order chi connectivity index (χ1) is 10.9. The standard InChI is InChI=1S/C10H14N2OS.C6H3ClF2/c1-7-8(2)14-10(11-6-13)12(7)5-9-3-4-9;7-4-1-2-5(8)6(9)3-4/h6,9H,3-5H2,1-2H3;1-3H. The number of rotatable bonds is 3. The summed E-state index contributed by atoms with van der Waals surface area (Å²) < 4.78 is 26.4. The van der Waals surface area contributed by atoms with Gasteiger partial charge in [0.25, 0.3) is 0 Å². The molecule has 7 heteroatoms. The smallest absolute Gasteiger partial charge is 0.235 e. The molecule has 1 heterocycles. The van der Waals surface area contributed by atoms with Gasteiger partial charge in [0.15, 0.2) is 16.4 Å². The predicted molar refractivity (Wildman–Crippen MR) is 87.5 cm³/mol. The van der Waals surface area contributed by atoms with Crippen molar-refractivity contribution in [3.8, 4) is 0 Å². The quantitative estimate of drug-likeness (QED) is 0.596. The number of halogens is 3. The van der Waals surface area contributed by atoms with Crippen molar-refractivity contribution in [1.82, 2.24) is 4.57 Å². The zero-order valence-electron chi connectivity index (χ0n) is 12.9. The number of hydrogen-bond donors (Lipinski definition) is 0. The van der Waals surface area contributed by atoms with E-state index in [9.17, 15) is 13.6 Å². The Bertz CT molecular complexity index is 766. The van der Waals surface area contributed by atoms with Gasteiger partial charge in [-0.15, -0.1) is 11.3 Å². The number of nitrogens with zero attached hydrogens (tertiary/aromatic N) is 2. The molecule has 0 aliphatic heterocycles. The summed E-state index contributed by atoms with van der Waals surface area (Å²) in [6.07, 6.45) is 3.28. The van der Waals surface area contributed by atoms with Crippen LogP contribution in [0.2, 0.25) is 5.02 Å². The number of aryl methyl sites for hydroxylation is 1. The lowest BCUT2D eigenvalue weighted by molar-refractivity contribution is -0.107. The minimum atomic E-state index is -0.914. The van der Waals surface area contributed by atoms with Crippen LogP contribution >= 0.6 is 22.9 Å². The SMILES string of the molecule is Cc1sc(=NC=O)n(CC2CC2)c1C.Fc1ccc(Cl)cc1F. The third kappa shape index (κ3) is 4.97. The van der Waals surface area contributed by atoms with Gasteiger partial charge in [-0.3, -0.25) is 4.79 Å². The summed E-state index contributed by atoms with van der Waals surface area (Å²) in [5, 5.41) is 0.203. The highest BCUT2D eigenvalue weighted by Gasteiger charge is 2.23. The molecule has 0 unspecified atom stereocenters. The number of carbonyl (C=O) groups is 1. The van der Waals surface area contributed by atoms with E-state index in [0.717, 1.165) is 29.4 Å². The minimum Gasteiger partial charge on any atom is -0.320 e. The van der Waals surface area contributed by atoms with Crippen LogP contribution in [0.15, 0.2) is 23.2 Å². The van der Waals surface area contributed by atoms with Gasteiger partial charge >= 0.3 is 0 Å². The van der Waals surface area contributed by atoms with E-state index >= 15 is 0 Å². The fraction of sp³-hybridized carbons (Fsp3) is 0.375. The molecule has 0 radical (unpaired) electrons. The van der Waals surface area contributed by atoms with E-state index in [2.05, 4.69) is 23.4 Å². The summed E-state index contributed by atoms with van der Waals surface area (Å²) in [7, 11) is 0. The first kappa shape index (κ1) is 17.8. The molecule has 2 aromatic rings. The van der Waals surface area contributed by atoms with Gasteiger partial charge in [0.2, 0.25) is 6.41 Å². The number of aromatic nitrogens is 1. The molecule has 3 nitrogen and oxygen atoms in total. The third-order valence-electron chi connectivity index (χ3n) is 3.57. The van der Waals surface area contributed by atoms with Crippen molar-refractivity contribution < 1.29 is 13.6 Å². The van der Waals surface area contributed by atoms with Gasteiger partial charge in [0, 0.05) is 22.1 Å². The monoisotopic (exact) mass is 358 g/mol. The molecule has 0 bridgehead atoms. The van der Waals surface area contributed by atoms with E-state index in [-0.39, 0.29) is 5.02 Å². The molecular formula is C16H17ClF2N2OS. The summed E-state index contributed by atoms with van der Waals surface area (Å²) in [6.45, 7) is 5.20. The van der Waals surface area contributed by atoms with Gasteiger partial charge in [0.1, 0.15) is 0 Å². The summed E-state index contributed by atoms with van der Waals surface area (Å²) >= 11 is 6.91. The molecule has 1 aromatic heterocycles. The summed E-state index contributed by atoms with van der Waals surface area (Å²) in [5.41, 5.74) is 1.25.